The van der Waals surface area contributed by atoms with Crippen LogP contribution in [0.5, 0.6) is 0 Å². The molecule has 0 aromatic carbocycles. The van der Waals surface area contributed by atoms with Crippen LogP contribution in [-0.4, -0.2) is 13.5 Å². The van der Waals surface area contributed by atoms with Crippen LogP contribution in [0, 0.1) is 0 Å². The van der Waals surface area contributed by atoms with Gasteiger partial charge in [0.2, 0.25) is 0 Å². The molecule has 0 saturated carbocycles. The number of hydrogen-bond donors (Lipinski definition) is 0. The van der Waals surface area contributed by atoms with E-state index in [2.05, 4.69) is 13.8 Å². The normalized spacial score (nSPS) is 6.67. The molecule has 0 atom stereocenters. The molecular weight excluding hydrogens is 212 g/mol. The third-order valence-corrected chi connectivity index (χ3v) is 6.35. The molecule has 0 saturated heterocycles. The van der Waals surface area contributed by atoms with Gasteiger partial charge in [-0.2, -0.15) is 0 Å². The molecule has 0 rings (SSSR count). The summed E-state index contributed by atoms with van der Waals surface area (Å²) in [5.41, 5.74) is 0. The Morgan fingerprint density at radius 1 is 1.00 bits per heavy atom. The molecule has 0 fully saturated rings. The van der Waals surface area contributed by atoms with E-state index in [9.17, 15) is 0 Å². The maximum atomic E-state index is 5.09. The van der Waals surface area contributed by atoms with Crippen molar-refractivity contribution in [3.8, 4) is 0 Å². The average molecular weight is 225 g/mol. The van der Waals surface area contributed by atoms with Gasteiger partial charge in [0.25, 0.3) is 0 Å². The second-order valence-corrected chi connectivity index (χ2v) is 8.47. The van der Waals surface area contributed by atoms with Gasteiger partial charge in [0, 0.05) is 0 Å². The minimum absolute atomic E-state index is 0. The summed E-state index contributed by atoms with van der Waals surface area (Å²) in [6, 6.07) is 0. The summed E-state index contributed by atoms with van der Waals surface area (Å²) < 4.78 is 0. The molecule has 5 heteroatoms. The fourth-order valence-corrected chi connectivity index (χ4v) is 1.16. The van der Waals surface area contributed by atoms with Gasteiger partial charge >= 0.3 is 48.7 Å². The Balaban J connectivity index is -0.0000000417. The summed E-state index contributed by atoms with van der Waals surface area (Å²) >= 11 is -0.632. The zero-order valence-corrected chi connectivity index (χ0v) is 8.19. The van der Waals surface area contributed by atoms with Crippen LogP contribution < -0.4 is 0 Å². The van der Waals surface area contributed by atoms with Crippen LogP contribution in [0.4, 0.5) is 14.1 Å². The third kappa shape index (κ3) is 17.7. The Bertz CT molecular complexity index is 35.0. The molecule has 1 radical (unpaired) electrons. The smallest absolute Gasteiger partial charge is 0.269 e. The monoisotopic (exact) mass is 225 g/mol. The Kier molecular flexibility index (Phi) is 39.9. The van der Waals surface area contributed by atoms with Crippen LogP contribution in [0.15, 0.2) is 0 Å². The van der Waals surface area contributed by atoms with Gasteiger partial charge in [0.05, 0.1) is 0 Å². The fourth-order valence-electron chi connectivity index (χ4n) is 0.224. The van der Waals surface area contributed by atoms with Crippen LogP contribution in [0.25, 0.3) is 0 Å². The average Bonchev–Trinajstić information content (AvgIpc) is 1.65. The van der Waals surface area contributed by atoms with Gasteiger partial charge in [-0.1, -0.05) is 0 Å². The Morgan fingerprint density at radius 3 is 1.22 bits per heavy atom. The van der Waals surface area contributed by atoms with E-state index in [-0.39, 0.29) is 14.1 Å². The SMILES string of the molecule is CC[As]([S])CC.F.F.F. The second-order valence-electron chi connectivity index (χ2n) is 1.11. The molecule has 0 aliphatic rings. The minimum atomic E-state index is -0.632. The van der Waals surface area contributed by atoms with E-state index in [1.807, 2.05) is 0 Å². The fraction of sp³-hybridized carbons (Fsp3) is 1.00. The van der Waals surface area contributed by atoms with Crippen molar-refractivity contribution >= 4 is 24.4 Å². The molecule has 0 aliphatic carbocycles. The Morgan fingerprint density at radius 2 is 1.22 bits per heavy atom. The molecule has 0 aliphatic heterocycles. The van der Waals surface area contributed by atoms with Crippen molar-refractivity contribution in [2.45, 2.75) is 24.3 Å². The van der Waals surface area contributed by atoms with E-state index < -0.39 is 13.5 Å². The molecule has 0 bridgehead atoms. The van der Waals surface area contributed by atoms with Crippen LogP contribution in [0.1, 0.15) is 13.8 Å². The van der Waals surface area contributed by atoms with E-state index in [0.717, 1.165) is 0 Å². The third-order valence-electron chi connectivity index (χ3n) is 0.705. The number of hydrogen-bond acceptors (Lipinski definition) is 0. The first-order chi connectivity index (χ1) is 2.81. The molecule has 0 aromatic heterocycles. The molecule has 0 unspecified atom stereocenters. The molecule has 0 N–H and O–H groups in total. The van der Waals surface area contributed by atoms with Gasteiger partial charge in [0.1, 0.15) is 0 Å². The number of rotatable bonds is 2. The van der Waals surface area contributed by atoms with Crippen molar-refractivity contribution in [3.63, 3.8) is 0 Å². The summed E-state index contributed by atoms with van der Waals surface area (Å²) in [5.74, 6) is 0. The quantitative estimate of drug-likeness (QED) is 0.634. The first kappa shape index (κ1) is 22.6. The van der Waals surface area contributed by atoms with Crippen LogP contribution in [0.2, 0.25) is 10.4 Å². The molecule has 9 heavy (non-hydrogen) atoms. The van der Waals surface area contributed by atoms with Gasteiger partial charge in [-0.05, 0) is 0 Å². The predicted molar refractivity (Wildman–Crippen MR) is 41.8 cm³/mol. The van der Waals surface area contributed by atoms with Crippen LogP contribution in [-0.2, 0) is 0 Å². The topological polar surface area (TPSA) is 0 Å². The minimum Gasteiger partial charge on any atom is -0.269 e. The second kappa shape index (κ2) is 15.9. The van der Waals surface area contributed by atoms with E-state index in [1.165, 1.54) is 10.4 Å². The number of halogens is 3. The molecule has 0 spiro atoms. The van der Waals surface area contributed by atoms with Gasteiger partial charge in [0.15, 0.2) is 0 Å². The molecule has 0 nitrogen and oxygen atoms in total. The van der Waals surface area contributed by atoms with Crippen molar-refractivity contribution < 1.29 is 14.1 Å². The van der Waals surface area contributed by atoms with Crippen molar-refractivity contribution in [1.29, 1.82) is 0 Å². The van der Waals surface area contributed by atoms with Gasteiger partial charge in [-0.15, -0.1) is 0 Å². The van der Waals surface area contributed by atoms with Gasteiger partial charge in [-0.3, -0.25) is 14.1 Å². The van der Waals surface area contributed by atoms with Gasteiger partial charge in [-0.25, -0.2) is 0 Å². The van der Waals surface area contributed by atoms with Crippen molar-refractivity contribution in [1.82, 2.24) is 0 Å². The summed E-state index contributed by atoms with van der Waals surface area (Å²) in [6.45, 7) is 4.38. The molecule has 0 heterocycles. The zero-order valence-electron chi connectivity index (χ0n) is 5.49. The first-order valence-electron chi connectivity index (χ1n) is 2.23. The first-order valence-corrected chi connectivity index (χ1v) is 7.55. The Labute approximate surface area is 63.2 Å². The maximum Gasteiger partial charge on any atom is -0.269 e. The molecule has 61 valence electrons. The van der Waals surface area contributed by atoms with E-state index in [4.69, 9.17) is 10.9 Å². The standard InChI is InChI=1S/C4H10AsS.3FH/c1-3-5(6)4-2;;;/h3-4H2,1-2H3;3*1H. The maximum absolute atomic E-state index is 5.09. The van der Waals surface area contributed by atoms with Crippen LogP contribution >= 0.6 is 10.9 Å². The zero-order chi connectivity index (χ0) is 4.99. The summed E-state index contributed by atoms with van der Waals surface area (Å²) in [4.78, 5) is 0. The van der Waals surface area contributed by atoms with Crippen molar-refractivity contribution in [3.05, 3.63) is 0 Å². The summed E-state index contributed by atoms with van der Waals surface area (Å²) in [7, 11) is 5.09. The van der Waals surface area contributed by atoms with Crippen molar-refractivity contribution in [2.75, 3.05) is 0 Å². The van der Waals surface area contributed by atoms with E-state index >= 15 is 0 Å². The summed E-state index contributed by atoms with van der Waals surface area (Å²) in [5, 5.41) is 2.58. The van der Waals surface area contributed by atoms with E-state index in [1.54, 1.807) is 0 Å². The summed E-state index contributed by atoms with van der Waals surface area (Å²) in [6.07, 6.45) is 0. The largest absolute Gasteiger partial charge is 0.269 e. The predicted octanol–water partition coefficient (Wildman–Crippen LogP) is 2.67. The molecule has 0 aromatic rings. The van der Waals surface area contributed by atoms with Crippen LogP contribution in [0.3, 0.4) is 0 Å². The van der Waals surface area contributed by atoms with Crippen molar-refractivity contribution in [2.24, 2.45) is 0 Å². The van der Waals surface area contributed by atoms with E-state index in [0.29, 0.717) is 0 Å². The Hall–Kier alpha value is 0.698. The molecular formula is C4H13AsF3S. The van der Waals surface area contributed by atoms with Gasteiger partial charge < -0.3 is 0 Å². The molecule has 0 amide bonds.